The molecule has 3 N–H and O–H groups in total. The van der Waals surface area contributed by atoms with E-state index in [9.17, 15) is 0 Å². The molecule has 0 radical (unpaired) electrons. The van der Waals surface area contributed by atoms with Crippen LogP contribution in [0.15, 0.2) is 0 Å². The molecule has 9 heteroatoms. The lowest BCUT2D eigenvalue weighted by Gasteiger charge is -2.12. The van der Waals surface area contributed by atoms with Crippen molar-refractivity contribution in [1.29, 1.82) is 0 Å². The van der Waals surface area contributed by atoms with Crippen LogP contribution in [0.25, 0.3) is 11.2 Å². The van der Waals surface area contributed by atoms with Crippen LogP contribution >= 0.6 is 11.6 Å². The number of aromatic nitrogens is 5. The van der Waals surface area contributed by atoms with E-state index in [2.05, 4.69) is 20.3 Å². The zero-order chi connectivity index (χ0) is 14.1. The van der Waals surface area contributed by atoms with E-state index in [1.807, 2.05) is 0 Å². The molecule has 0 amide bonds. The second-order valence-corrected chi connectivity index (χ2v) is 5.11. The Morgan fingerprint density at radius 1 is 1.40 bits per heavy atom. The topological polar surface area (TPSA) is 112 Å². The molecule has 108 valence electrons. The highest BCUT2D eigenvalue weighted by Crippen LogP contribution is 2.33. The maximum absolute atomic E-state index is 8.78. The molecule has 2 heterocycles. The van der Waals surface area contributed by atoms with Crippen LogP contribution in [-0.4, -0.2) is 49.4 Å². The monoisotopic (exact) mass is 298 g/mol. The van der Waals surface area contributed by atoms with Gasteiger partial charge in [-0.05, 0) is 30.9 Å². The number of hydrogen-bond donors (Lipinski definition) is 2. The highest BCUT2D eigenvalue weighted by molar-refractivity contribution is 6.28. The molecule has 0 bridgehead atoms. The molecule has 8 nitrogen and oxygen atoms in total. The van der Waals surface area contributed by atoms with E-state index in [0.29, 0.717) is 17.8 Å². The maximum atomic E-state index is 8.78. The van der Waals surface area contributed by atoms with E-state index in [4.69, 9.17) is 27.2 Å². The zero-order valence-electron chi connectivity index (χ0n) is 10.7. The SMILES string of the molecule is Nc1nc(Cl)nc2c1nnn2C1CCC(OCCO)C1. The summed E-state index contributed by atoms with van der Waals surface area (Å²) in [7, 11) is 0. The Bertz CT molecular complexity index is 618. The molecule has 1 aliphatic carbocycles. The van der Waals surface area contributed by atoms with Crippen molar-refractivity contribution in [3.63, 3.8) is 0 Å². The first-order valence-electron chi connectivity index (χ1n) is 6.45. The number of hydrogen-bond acceptors (Lipinski definition) is 7. The third kappa shape index (κ3) is 2.41. The van der Waals surface area contributed by atoms with Crippen molar-refractivity contribution in [2.75, 3.05) is 18.9 Å². The predicted octanol–water partition coefficient (Wildman–Crippen LogP) is 0.559. The molecule has 0 aliphatic heterocycles. The largest absolute Gasteiger partial charge is 0.394 e. The molecule has 1 saturated carbocycles. The predicted molar refractivity (Wildman–Crippen MR) is 72.3 cm³/mol. The second kappa shape index (κ2) is 5.47. The number of rotatable bonds is 4. The highest BCUT2D eigenvalue weighted by atomic mass is 35.5. The molecule has 1 aliphatic rings. The van der Waals surface area contributed by atoms with Gasteiger partial charge in [0.05, 0.1) is 25.4 Å². The van der Waals surface area contributed by atoms with E-state index in [-0.39, 0.29) is 29.9 Å². The molecule has 3 rings (SSSR count). The Morgan fingerprint density at radius 3 is 3.05 bits per heavy atom. The minimum atomic E-state index is 0.0345. The normalized spacial score (nSPS) is 22.7. The number of anilines is 1. The van der Waals surface area contributed by atoms with Crippen molar-refractivity contribution < 1.29 is 9.84 Å². The molecule has 2 aromatic rings. The van der Waals surface area contributed by atoms with Crippen molar-refractivity contribution in [3.05, 3.63) is 5.28 Å². The van der Waals surface area contributed by atoms with Gasteiger partial charge in [-0.3, -0.25) is 0 Å². The number of nitrogens with zero attached hydrogens (tertiary/aromatic N) is 5. The van der Waals surface area contributed by atoms with E-state index >= 15 is 0 Å². The van der Waals surface area contributed by atoms with E-state index in [1.54, 1.807) is 4.68 Å². The van der Waals surface area contributed by atoms with Gasteiger partial charge < -0.3 is 15.6 Å². The first-order valence-corrected chi connectivity index (χ1v) is 6.83. The number of aliphatic hydroxyl groups is 1. The van der Waals surface area contributed by atoms with E-state index in [1.165, 1.54) is 0 Å². The van der Waals surface area contributed by atoms with Gasteiger partial charge in [0.2, 0.25) is 5.28 Å². The molecule has 20 heavy (non-hydrogen) atoms. The van der Waals surface area contributed by atoms with E-state index in [0.717, 1.165) is 19.3 Å². The summed E-state index contributed by atoms with van der Waals surface area (Å²) in [4.78, 5) is 8.02. The molecule has 2 unspecified atom stereocenters. The van der Waals surface area contributed by atoms with Gasteiger partial charge >= 0.3 is 0 Å². The van der Waals surface area contributed by atoms with Crippen LogP contribution in [0.4, 0.5) is 5.82 Å². The Hall–Kier alpha value is -1.51. The Balaban J connectivity index is 1.85. The van der Waals surface area contributed by atoms with Gasteiger partial charge in [-0.15, -0.1) is 5.10 Å². The third-order valence-corrected chi connectivity index (χ3v) is 3.64. The fourth-order valence-electron chi connectivity index (χ4n) is 2.58. The number of nitrogens with two attached hydrogens (primary N) is 1. The van der Waals surface area contributed by atoms with Gasteiger partial charge in [0.1, 0.15) is 0 Å². The Labute approximate surface area is 119 Å². The first kappa shape index (κ1) is 13.5. The quantitative estimate of drug-likeness (QED) is 0.793. The average Bonchev–Trinajstić information content (AvgIpc) is 3.02. The molecular formula is C11H15ClN6O2. The summed E-state index contributed by atoms with van der Waals surface area (Å²) in [5.74, 6) is 0.234. The lowest BCUT2D eigenvalue weighted by Crippen LogP contribution is -2.14. The smallest absolute Gasteiger partial charge is 0.226 e. The molecular weight excluding hydrogens is 284 g/mol. The van der Waals surface area contributed by atoms with Gasteiger partial charge in [-0.1, -0.05) is 5.21 Å². The molecule has 1 fully saturated rings. The number of halogens is 1. The lowest BCUT2D eigenvalue weighted by molar-refractivity contribution is 0.0309. The van der Waals surface area contributed by atoms with Crippen LogP contribution in [-0.2, 0) is 4.74 Å². The zero-order valence-corrected chi connectivity index (χ0v) is 11.5. The van der Waals surface area contributed by atoms with Gasteiger partial charge in [0.15, 0.2) is 17.0 Å². The summed E-state index contributed by atoms with van der Waals surface area (Å²) in [6, 6.07) is 0.147. The van der Waals surface area contributed by atoms with Crippen molar-refractivity contribution in [2.45, 2.75) is 31.4 Å². The summed E-state index contributed by atoms with van der Waals surface area (Å²) < 4.78 is 7.28. The van der Waals surface area contributed by atoms with Crippen LogP contribution in [0.1, 0.15) is 25.3 Å². The summed E-state index contributed by atoms with van der Waals surface area (Å²) in [5.41, 5.74) is 6.78. The minimum absolute atomic E-state index is 0.0345. The molecule has 2 aromatic heterocycles. The molecule has 0 aromatic carbocycles. The fraction of sp³-hybridized carbons (Fsp3) is 0.636. The summed E-state index contributed by atoms with van der Waals surface area (Å²) >= 11 is 5.83. The summed E-state index contributed by atoms with van der Waals surface area (Å²) in [5, 5.41) is 17.0. The number of aliphatic hydroxyl groups excluding tert-OH is 1. The van der Waals surface area contributed by atoms with Crippen molar-refractivity contribution in [2.24, 2.45) is 0 Å². The van der Waals surface area contributed by atoms with E-state index < -0.39 is 0 Å². The Morgan fingerprint density at radius 2 is 2.25 bits per heavy atom. The van der Waals surface area contributed by atoms with Gasteiger partial charge in [0.25, 0.3) is 0 Å². The van der Waals surface area contributed by atoms with Crippen molar-refractivity contribution >= 4 is 28.6 Å². The maximum Gasteiger partial charge on any atom is 0.226 e. The fourth-order valence-corrected chi connectivity index (χ4v) is 2.75. The van der Waals surface area contributed by atoms with Crippen LogP contribution in [0.3, 0.4) is 0 Å². The molecule has 0 saturated heterocycles. The number of fused-ring (bicyclic) bond motifs is 1. The van der Waals surface area contributed by atoms with Crippen LogP contribution < -0.4 is 5.73 Å². The van der Waals surface area contributed by atoms with Gasteiger partial charge in [-0.25, -0.2) is 4.68 Å². The van der Waals surface area contributed by atoms with Crippen LogP contribution in [0, 0.1) is 0 Å². The molecule has 2 atom stereocenters. The third-order valence-electron chi connectivity index (χ3n) is 3.47. The minimum Gasteiger partial charge on any atom is -0.394 e. The van der Waals surface area contributed by atoms with Crippen LogP contribution in [0.5, 0.6) is 0 Å². The summed E-state index contributed by atoms with van der Waals surface area (Å²) in [6.45, 7) is 0.392. The van der Waals surface area contributed by atoms with Crippen molar-refractivity contribution in [1.82, 2.24) is 25.0 Å². The average molecular weight is 299 g/mol. The first-order chi connectivity index (χ1) is 9.69. The van der Waals surface area contributed by atoms with Crippen molar-refractivity contribution in [3.8, 4) is 0 Å². The standard InChI is InChI=1S/C11H15ClN6O2/c12-11-14-9(13)8-10(15-11)18(17-16-8)6-1-2-7(5-6)20-4-3-19/h6-7,19H,1-5H2,(H2,13,14,15). The van der Waals surface area contributed by atoms with Gasteiger partial charge in [-0.2, -0.15) is 9.97 Å². The molecule has 0 spiro atoms. The summed E-state index contributed by atoms with van der Waals surface area (Å²) in [6.07, 6.45) is 2.76. The Kier molecular flexibility index (Phi) is 3.68. The van der Waals surface area contributed by atoms with Gasteiger partial charge in [0, 0.05) is 0 Å². The lowest BCUT2D eigenvalue weighted by atomic mass is 10.2. The number of ether oxygens (including phenoxy) is 1. The van der Waals surface area contributed by atoms with Crippen LogP contribution in [0.2, 0.25) is 5.28 Å². The second-order valence-electron chi connectivity index (χ2n) is 4.77. The highest BCUT2D eigenvalue weighted by Gasteiger charge is 2.29. The number of nitrogen functional groups attached to an aromatic ring is 1.